The third kappa shape index (κ3) is 2.87. The summed E-state index contributed by atoms with van der Waals surface area (Å²) in [5.74, 6) is 1.04. The van der Waals surface area contributed by atoms with E-state index in [1.54, 1.807) is 18.0 Å². The van der Waals surface area contributed by atoms with E-state index in [1.807, 2.05) is 35.0 Å². The molecule has 0 aliphatic rings. The van der Waals surface area contributed by atoms with Gasteiger partial charge in [0.1, 0.15) is 0 Å². The second-order valence-corrected chi connectivity index (χ2v) is 4.78. The second kappa shape index (κ2) is 5.84. The Morgan fingerprint density at radius 3 is 2.82 bits per heavy atom. The highest BCUT2D eigenvalue weighted by Gasteiger charge is 2.13. The third-order valence-electron chi connectivity index (χ3n) is 2.59. The lowest BCUT2D eigenvalue weighted by atomic mass is 10.2. The monoisotopic (exact) mass is 248 g/mol. The number of rotatable bonds is 5. The molecule has 0 saturated heterocycles. The highest BCUT2D eigenvalue weighted by atomic mass is 32.2. The highest BCUT2D eigenvalue weighted by molar-refractivity contribution is 7.98. The van der Waals surface area contributed by atoms with Crippen LogP contribution in [0.15, 0.2) is 36.5 Å². The molecule has 0 amide bonds. The number of thioether (sulfide) groups is 1. The average molecular weight is 248 g/mol. The number of nitrogens with zero attached hydrogens (tertiary/aromatic N) is 3. The molecule has 1 heterocycles. The van der Waals surface area contributed by atoms with E-state index in [2.05, 4.69) is 16.6 Å². The number of hydrogen-bond acceptors (Lipinski definition) is 4. The number of benzene rings is 1. The highest BCUT2D eigenvalue weighted by Crippen LogP contribution is 2.18. The van der Waals surface area contributed by atoms with E-state index in [0.29, 0.717) is 0 Å². The van der Waals surface area contributed by atoms with E-state index in [4.69, 9.17) is 5.73 Å². The van der Waals surface area contributed by atoms with Crippen LogP contribution in [0.25, 0.3) is 5.69 Å². The van der Waals surface area contributed by atoms with E-state index in [9.17, 15) is 0 Å². The molecule has 0 bridgehead atoms. The summed E-state index contributed by atoms with van der Waals surface area (Å²) < 4.78 is 1.81. The van der Waals surface area contributed by atoms with Crippen molar-refractivity contribution in [3.8, 4) is 5.69 Å². The summed E-state index contributed by atoms with van der Waals surface area (Å²) in [4.78, 5) is 0. The Kier molecular flexibility index (Phi) is 4.17. The Morgan fingerprint density at radius 2 is 2.12 bits per heavy atom. The van der Waals surface area contributed by atoms with Crippen LogP contribution in [-0.2, 0) is 0 Å². The zero-order valence-electron chi connectivity index (χ0n) is 9.78. The molecule has 90 valence electrons. The van der Waals surface area contributed by atoms with Gasteiger partial charge in [0.25, 0.3) is 0 Å². The van der Waals surface area contributed by atoms with Crippen molar-refractivity contribution in [3.05, 3.63) is 42.2 Å². The van der Waals surface area contributed by atoms with Crippen molar-refractivity contribution in [2.24, 2.45) is 5.73 Å². The zero-order valence-corrected chi connectivity index (χ0v) is 10.6. The van der Waals surface area contributed by atoms with Crippen LogP contribution in [0.3, 0.4) is 0 Å². The SMILES string of the molecule is CSCCC(N)c1cnnn1-c1ccccc1. The lowest BCUT2D eigenvalue weighted by molar-refractivity contribution is 0.639. The van der Waals surface area contributed by atoms with Crippen LogP contribution in [0.4, 0.5) is 0 Å². The van der Waals surface area contributed by atoms with E-state index < -0.39 is 0 Å². The minimum Gasteiger partial charge on any atom is -0.323 e. The first-order chi connectivity index (χ1) is 8.33. The van der Waals surface area contributed by atoms with E-state index in [0.717, 1.165) is 23.6 Å². The van der Waals surface area contributed by atoms with Crippen LogP contribution in [0, 0.1) is 0 Å². The summed E-state index contributed by atoms with van der Waals surface area (Å²) >= 11 is 1.80. The lowest BCUT2D eigenvalue weighted by Crippen LogP contribution is -2.16. The van der Waals surface area contributed by atoms with Crippen LogP contribution in [0.2, 0.25) is 0 Å². The molecule has 1 aromatic carbocycles. The van der Waals surface area contributed by atoms with Gasteiger partial charge >= 0.3 is 0 Å². The van der Waals surface area contributed by atoms with Crippen LogP contribution < -0.4 is 5.73 Å². The molecule has 17 heavy (non-hydrogen) atoms. The Balaban J connectivity index is 2.23. The first-order valence-corrected chi connectivity index (χ1v) is 6.93. The predicted molar refractivity (Wildman–Crippen MR) is 71.3 cm³/mol. The maximum atomic E-state index is 6.15. The molecule has 0 fully saturated rings. The van der Waals surface area contributed by atoms with E-state index in [1.165, 1.54) is 0 Å². The normalized spacial score (nSPS) is 12.6. The van der Waals surface area contributed by atoms with Crippen molar-refractivity contribution in [3.63, 3.8) is 0 Å². The molecule has 5 heteroatoms. The molecule has 0 aliphatic carbocycles. The van der Waals surface area contributed by atoms with Gasteiger partial charge in [-0.15, -0.1) is 5.10 Å². The molecule has 2 aromatic rings. The molecule has 2 rings (SSSR count). The number of para-hydroxylation sites is 1. The summed E-state index contributed by atoms with van der Waals surface area (Å²) in [6.45, 7) is 0. The van der Waals surface area contributed by atoms with E-state index >= 15 is 0 Å². The summed E-state index contributed by atoms with van der Waals surface area (Å²) in [6.07, 6.45) is 4.76. The standard InChI is InChI=1S/C12H16N4S/c1-17-8-7-11(13)12-9-14-15-16(12)10-5-3-2-4-6-10/h2-6,9,11H,7-8,13H2,1H3. The van der Waals surface area contributed by atoms with Gasteiger partial charge in [0.05, 0.1) is 17.6 Å². The minimum absolute atomic E-state index is 0.0161. The number of aromatic nitrogens is 3. The fraction of sp³-hybridized carbons (Fsp3) is 0.333. The molecule has 0 saturated carbocycles. The fourth-order valence-corrected chi connectivity index (χ4v) is 2.15. The van der Waals surface area contributed by atoms with Crippen LogP contribution in [0.1, 0.15) is 18.2 Å². The molecule has 0 aliphatic heterocycles. The van der Waals surface area contributed by atoms with Crippen LogP contribution in [0.5, 0.6) is 0 Å². The van der Waals surface area contributed by atoms with Gasteiger partial charge in [-0.2, -0.15) is 11.8 Å². The molecular weight excluding hydrogens is 232 g/mol. The van der Waals surface area contributed by atoms with Crippen molar-refractivity contribution in [1.29, 1.82) is 0 Å². The molecule has 1 unspecified atom stereocenters. The van der Waals surface area contributed by atoms with Crippen LogP contribution >= 0.6 is 11.8 Å². The van der Waals surface area contributed by atoms with Gasteiger partial charge in [-0.05, 0) is 30.6 Å². The van der Waals surface area contributed by atoms with E-state index in [-0.39, 0.29) is 6.04 Å². The Bertz CT molecular complexity index is 455. The largest absolute Gasteiger partial charge is 0.323 e. The number of nitrogens with two attached hydrogens (primary N) is 1. The Morgan fingerprint density at radius 1 is 1.35 bits per heavy atom. The van der Waals surface area contributed by atoms with Crippen molar-refractivity contribution in [1.82, 2.24) is 15.0 Å². The van der Waals surface area contributed by atoms with Gasteiger partial charge in [-0.3, -0.25) is 0 Å². The molecule has 1 aromatic heterocycles. The maximum Gasteiger partial charge on any atom is 0.0813 e. The van der Waals surface area contributed by atoms with Crippen molar-refractivity contribution >= 4 is 11.8 Å². The van der Waals surface area contributed by atoms with Gasteiger partial charge in [0.2, 0.25) is 0 Å². The zero-order chi connectivity index (χ0) is 12.1. The van der Waals surface area contributed by atoms with Gasteiger partial charge < -0.3 is 5.73 Å². The predicted octanol–water partition coefficient (Wildman–Crippen LogP) is 2.02. The minimum atomic E-state index is -0.0161. The number of hydrogen-bond donors (Lipinski definition) is 1. The first kappa shape index (κ1) is 12.1. The molecule has 0 spiro atoms. The summed E-state index contributed by atoms with van der Waals surface area (Å²) in [6, 6.07) is 9.92. The van der Waals surface area contributed by atoms with Crippen molar-refractivity contribution in [2.45, 2.75) is 12.5 Å². The topological polar surface area (TPSA) is 56.7 Å². The third-order valence-corrected chi connectivity index (χ3v) is 3.23. The molecule has 0 radical (unpaired) electrons. The maximum absolute atomic E-state index is 6.15. The molecule has 2 N–H and O–H groups in total. The van der Waals surface area contributed by atoms with Gasteiger partial charge in [-0.25, -0.2) is 4.68 Å². The van der Waals surface area contributed by atoms with Crippen molar-refractivity contribution in [2.75, 3.05) is 12.0 Å². The van der Waals surface area contributed by atoms with Crippen LogP contribution in [-0.4, -0.2) is 27.0 Å². The summed E-state index contributed by atoms with van der Waals surface area (Å²) in [5, 5.41) is 8.05. The fourth-order valence-electron chi connectivity index (χ4n) is 1.66. The first-order valence-electron chi connectivity index (χ1n) is 5.53. The second-order valence-electron chi connectivity index (χ2n) is 3.79. The Hall–Kier alpha value is -1.33. The Labute approximate surface area is 105 Å². The lowest BCUT2D eigenvalue weighted by Gasteiger charge is -2.12. The smallest absolute Gasteiger partial charge is 0.0813 e. The summed E-state index contributed by atoms with van der Waals surface area (Å²) in [7, 11) is 0. The summed E-state index contributed by atoms with van der Waals surface area (Å²) in [5.41, 5.74) is 8.11. The van der Waals surface area contributed by atoms with Gasteiger partial charge in [0.15, 0.2) is 0 Å². The van der Waals surface area contributed by atoms with Gasteiger partial charge in [0, 0.05) is 6.04 Å². The average Bonchev–Trinajstić information content (AvgIpc) is 2.86. The quantitative estimate of drug-likeness (QED) is 0.879. The van der Waals surface area contributed by atoms with Crippen molar-refractivity contribution < 1.29 is 0 Å². The van der Waals surface area contributed by atoms with Gasteiger partial charge in [-0.1, -0.05) is 23.4 Å². The molecule has 1 atom stereocenters. The molecular formula is C12H16N4S. The molecule has 4 nitrogen and oxygen atoms in total.